The topological polar surface area (TPSA) is 165 Å². The molecule has 0 aliphatic carbocycles. The predicted octanol–water partition coefficient (Wildman–Crippen LogP) is -0.268. The van der Waals surface area contributed by atoms with E-state index in [1.807, 2.05) is 60.7 Å². The second kappa shape index (κ2) is 13.0. The highest BCUT2D eigenvalue weighted by atomic mass is 16.8. The maximum atomic E-state index is 12.3. The zero-order chi connectivity index (χ0) is 28.2. The smallest absolute Gasteiger partial charge is 0.217 e. The van der Waals surface area contributed by atoms with Crippen molar-refractivity contribution in [1.29, 1.82) is 0 Å². The summed E-state index contributed by atoms with van der Waals surface area (Å²) < 4.78 is 36.5. The van der Waals surface area contributed by atoms with Gasteiger partial charge in [-0.15, -0.1) is 0 Å². The van der Waals surface area contributed by atoms with Gasteiger partial charge in [-0.1, -0.05) is 60.7 Å². The fourth-order valence-corrected chi connectivity index (χ4v) is 5.13. The van der Waals surface area contributed by atoms with Gasteiger partial charge in [-0.25, -0.2) is 0 Å². The number of fused-ring (bicyclic) bond motifs is 1. The molecule has 0 aromatic heterocycles. The maximum absolute atomic E-state index is 12.3. The van der Waals surface area contributed by atoms with Crippen LogP contribution in [-0.4, -0.2) is 101 Å². The highest BCUT2D eigenvalue weighted by Crippen LogP contribution is 2.37. The molecule has 3 heterocycles. The molecule has 2 aromatic rings. The van der Waals surface area contributed by atoms with Crippen molar-refractivity contribution < 1.29 is 53.6 Å². The van der Waals surface area contributed by atoms with E-state index in [0.29, 0.717) is 0 Å². The summed E-state index contributed by atoms with van der Waals surface area (Å²) in [5.41, 5.74) is 1.63. The number of carbonyl (C=O) groups is 1. The lowest BCUT2D eigenvalue weighted by molar-refractivity contribution is -0.378. The van der Waals surface area contributed by atoms with Crippen molar-refractivity contribution >= 4 is 5.91 Å². The number of ether oxygens (including phenoxy) is 6. The molecule has 3 saturated heterocycles. The fourth-order valence-electron chi connectivity index (χ4n) is 5.13. The minimum Gasteiger partial charge on any atom is -0.394 e. The van der Waals surface area contributed by atoms with Crippen molar-refractivity contribution in [2.75, 3.05) is 13.2 Å². The molecule has 11 atom stereocenters. The standard InChI is InChI=1S/C28H35NO11/c1-15(31)29-20-25(40-28-23(34)22(33)21(32)18(12-30)37-28)24-19(14-36-26(39-24)17-10-6-3-7-11-17)38-27(20)35-13-16-8-4-2-5-9-16/h2-11,18-28,30,32-34H,12-14H2,1H3,(H,29,31)/t18-,19-,20-,21+,22+,23-,24+,25-,26+,27+,28+/m1/s1. The van der Waals surface area contributed by atoms with Gasteiger partial charge in [0.1, 0.15) is 48.8 Å². The van der Waals surface area contributed by atoms with Crippen LogP contribution in [0.15, 0.2) is 60.7 Å². The monoisotopic (exact) mass is 561 g/mol. The molecule has 40 heavy (non-hydrogen) atoms. The largest absolute Gasteiger partial charge is 0.394 e. The Kier molecular flexibility index (Phi) is 9.43. The van der Waals surface area contributed by atoms with Gasteiger partial charge in [0.05, 0.1) is 19.8 Å². The van der Waals surface area contributed by atoms with E-state index in [1.165, 1.54) is 6.92 Å². The summed E-state index contributed by atoms with van der Waals surface area (Å²) in [7, 11) is 0. The number of nitrogens with one attached hydrogen (secondary N) is 1. The molecule has 0 bridgehead atoms. The van der Waals surface area contributed by atoms with Gasteiger partial charge < -0.3 is 54.2 Å². The third-order valence-corrected chi connectivity index (χ3v) is 7.18. The van der Waals surface area contributed by atoms with Crippen LogP contribution in [0, 0.1) is 0 Å². The lowest BCUT2D eigenvalue weighted by Gasteiger charge is -2.51. The molecule has 218 valence electrons. The molecule has 0 radical (unpaired) electrons. The third kappa shape index (κ3) is 6.37. The number of hydrogen-bond donors (Lipinski definition) is 5. The summed E-state index contributed by atoms with van der Waals surface area (Å²) in [6.45, 7) is 0.989. The van der Waals surface area contributed by atoms with Crippen LogP contribution in [0.1, 0.15) is 24.3 Å². The number of rotatable bonds is 8. The number of hydrogen-bond acceptors (Lipinski definition) is 11. The molecule has 3 aliphatic rings. The van der Waals surface area contributed by atoms with Gasteiger partial charge in [0.2, 0.25) is 5.91 Å². The number of aliphatic hydroxyl groups is 4. The van der Waals surface area contributed by atoms with Gasteiger partial charge in [-0.3, -0.25) is 4.79 Å². The van der Waals surface area contributed by atoms with E-state index in [4.69, 9.17) is 28.4 Å². The number of aliphatic hydroxyl groups excluding tert-OH is 4. The van der Waals surface area contributed by atoms with Gasteiger partial charge in [-0.05, 0) is 5.56 Å². The molecule has 3 aliphatic heterocycles. The van der Waals surface area contributed by atoms with E-state index in [2.05, 4.69) is 5.32 Å². The van der Waals surface area contributed by atoms with Gasteiger partial charge >= 0.3 is 0 Å². The minimum atomic E-state index is -1.66. The molecule has 5 rings (SSSR count). The molecule has 0 spiro atoms. The fraction of sp³-hybridized carbons (Fsp3) is 0.536. The summed E-state index contributed by atoms with van der Waals surface area (Å²) in [5, 5.41) is 43.8. The van der Waals surface area contributed by atoms with Crippen LogP contribution in [0.2, 0.25) is 0 Å². The number of benzene rings is 2. The summed E-state index contributed by atoms with van der Waals surface area (Å²) in [6.07, 6.45) is -11.9. The van der Waals surface area contributed by atoms with Gasteiger partial charge in [0.25, 0.3) is 0 Å². The zero-order valence-corrected chi connectivity index (χ0v) is 21.9. The Bertz CT molecular complexity index is 1090. The van der Waals surface area contributed by atoms with Crippen molar-refractivity contribution in [3.05, 3.63) is 71.8 Å². The van der Waals surface area contributed by atoms with Crippen LogP contribution in [-0.2, 0) is 39.8 Å². The van der Waals surface area contributed by atoms with E-state index in [1.54, 1.807) is 0 Å². The second-order valence-electron chi connectivity index (χ2n) is 10.0. The van der Waals surface area contributed by atoms with E-state index in [-0.39, 0.29) is 13.2 Å². The van der Waals surface area contributed by atoms with Crippen LogP contribution >= 0.6 is 0 Å². The Morgan fingerprint density at radius 2 is 1.62 bits per heavy atom. The lowest BCUT2D eigenvalue weighted by Crippen LogP contribution is -2.69. The van der Waals surface area contributed by atoms with Crippen LogP contribution < -0.4 is 5.32 Å². The summed E-state index contributed by atoms with van der Waals surface area (Å²) >= 11 is 0. The Labute approximate surface area is 231 Å². The van der Waals surface area contributed by atoms with Crippen LogP contribution in [0.4, 0.5) is 0 Å². The quantitative estimate of drug-likeness (QED) is 0.288. The first-order valence-electron chi connectivity index (χ1n) is 13.2. The lowest BCUT2D eigenvalue weighted by atomic mass is 9.94. The SMILES string of the molecule is CC(=O)N[C@H]1[C@@H](OCc2ccccc2)O[C@@H]2CO[C@H](c3ccccc3)O[C@@H]2[C@@H]1O[C@@H]1O[C@H](CO)[C@H](O)[C@H](O)[C@H]1O. The molecule has 2 aromatic carbocycles. The zero-order valence-electron chi connectivity index (χ0n) is 21.9. The van der Waals surface area contributed by atoms with Gasteiger partial charge in [0, 0.05) is 12.5 Å². The summed E-state index contributed by atoms with van der Waals surface area (Å²) in [4.78, 5) is 12.3. The van der Waals surface area contributed by atoms with Crippen LogP contribution in [0.5, 0.6) is 0 Å². The van der Waals surface area contributed by atoms with Crippen molar-refractivity contribution in [1.82, 2.24) is 5.32 Å². The second-order valence-corrected chi connectivity index (χ2v) is 10.0. The average molecular weight is 562 g/mol. The van der Waals surface area contributed by atoms with Crippen LogP contribution in [0.3, 0.4) is 0 Å². The molecular formula is C28H35NO11. The van der Waals surface area contributed by atoms with Gasteiger partial charge in [-0.2, -0.15) is 0 Å². The van der Waals surface area contributed by atoms with Crippen molar-refractivity contribution in [3.8, 4) is 0 Å². The van der Waals surface area contributed by atoms with Crippen molar-refractivity contribution in [2.45, 2.75) is 81.2 Å². The van der Waals surface area contributed by atoms with E-state index in [9.17, 15) is 25.2 Å². The van der Waals surface area contributed by atoms with Crippen LogP contribution in [0.25, 0.3) is 0 Å². The Balaban J connectivity index is 1.44. The first kappa shape index (κ1) is 29.0. The average Bonchev–Trinajstić information content (AvgIpc) is 2.98. The summed E-state index contributed by atoms with van der Waals surface area (Å²) in [5.74, 6) is -0.394. The van der Waals surface area contributed by atoms with Crippen molar-refractivity contribution in [3.63, 3.8) is 0 Å². The molecule has 3 fully saturated rings. The molecular weight excluding hydrogens is 526 g/mol. The molecule has 1 amide bonds. The minimum absolute atomic E-state index is 0.108. The molecule has 0 saturated carbocycles. The molecule has 0 unspecified atom stereocenters. The molecule has 12 heteroatoms. The first-order chi connectivity index (χ1) is 19.4. The molecule has 12 nitrogen and oxygen atoms in total. The number of carbonyl (C=O) groups excluding carboxylic acids is 1. The Morgan fingerprint density at radius 1 is 0.925 bits per heavy atom. The van der Waals surface area contributed by atoms with E-state index in [0.717, 1.165) is 11.1 Å². The predicted molar refractivity (Wildman–Crippen MR) is 136 cm³/mol. The highest BCUT2D eigenvalue weighted by Gasteiger charge is 2.54. The number of amides is 1. The normalized spacial score (nSPS) is 37.9. The van der Waals surface area contributed by atoms with E-state index < -0.39 is 80.2 Å². The van der Waals surface area contributed by atoms with E-state index >= 15 is 0 Å². The summed E-state index contributed by atoms with van der Waals surface area (Å²) in [6, 6.07) is 17.7. The Hall–Kier alpha value is -2.49. The highest BCUT2D eigenvalue weighted by molar-refractivity contribution is 5.73. The van der Waals surface area contributed by atoms with Crippen molar-refractivity contribution in [2.24, 2.45) is 0 Å². The Morgan fingerprint density at radius 3 is 2.30 bits per heavy atom. The van der Waals surface area contributed by atoms with Gasteiger partial charge in [0.15, 0.2) is 18.9 Å². The first-order valence-corrected chi connectivity index (χ1v) is 13.2. The maximum Gasteiger partial charge on any atom is 0.217 e. The third-order valence-electron chi connectivity index (χ3n) is 7.18. The molecule has 5 N–H and O–H groups in total.